The molecule has 0 radical (unpaired) electrons. The Bertz CT molecular complexity index is 340. The predicted octanol–water partition coefficient (Wildman–Crippen LogP) is 3.51. The maximum Gasteiger partial charge on any atom is 0.117 e. The minimum absolute atomic E-state index is 0.187. The lowest BCUT2D eigenvalue weighted by atomic mass is 9.99. The Hall–Kier alpha value is -0.800. The van der Waals surface area contributed by atoms with Crippen molar-refractivity contribution in [3.05, 3.63) is 24.2 Å². The van der Waals surface area contributed by atoms with Gasteiger partial charge in [0.05, 0.1) is 12.8 Å². The molecule has 0 aromatic carbocycles. The fourth-order valence-corrected chi connectivity index (χ4v) is 2.14. The van der Waals surface area contributed by atoms with Gasteiger partial charge < -0.3 is 9.73 Å². The van der Waals surface area contributed by atoms with Crippen LogP contribution >= 0.6 is 0 Å². The number of rotatable bonds is 7. The van der Waals surface area contributed by atoms with Crippen molar-refractivity contribution < 1.29 is 4.42 Å². The molecule has 0 saturated carbocycles. The third-order valence-corrected chi connectivity index (χ3v) is 3.70. The number of hydrogen-bond acceptors (Lipinski definition) is 3. The Morgan fingerprint density at radius 3 is 2.47 bits per heavy atom. The number of furan rings is 1. The largest absolute Gasteiger partial charge is 0.468 e. The zero-order valence-electron chi connectivity index (χ0n) is 13.4. The molecule has 1 heterocycles. The summed E-state index contributed by atoms with van der Waals surface area (Å²) in [4.78, 5) is 2.47. The third-order valence-electron chi connectivity index (χ3n) is 3.70. The minimum Gasteiger partial charge on any atom is -0.468 e. The maximum atomic E-state index is 5.45. The van der Waals surface area contributed by atoms with Gasteiger partial charge in [-0.1, -0.05) is 13.8 Å². The van der Waals surface area contributed by atoms with E-state index in [9.17, 15) is 0 Å². The molecule has 2 unspecified atom stereocenters. The van der Waals surface area contributed by atoms with Gasteiger partial charge in [-0.2, -0.15) is 0 Å². The highest BCUT2D eigenvalue weighted by Gasteiger charge is 2.21. The fraction of sp³-hybridized carbons (Fsp3) is 0.750. The summed E-state index contributed by atoms with van der Waals surface area (Å²) in [5, 5.41) is 3.59. The number of nitrogens with zero attached hydrogens (tertiary/aromatic N) is 1. The van der Waals surface area contributed by atoms with E-state index in [0.29, 0.717) is 12.0 Å². The quantitative estimate of drug-likeness (QED) is 0.818. The van der Waals surface area contributed by atoms with Gasteiger partial charge in [-0.3, -0.25) is 4.90 Å². The molecule has 0 aliphatic rings. The first-order valence-corrected chi connectivity index (χ1v) is 7.35. The Kier molecular flexibility index (Phi) is 6.08. The molecule has 0 fully saturated rings. The Morgan fingerprint density at radius 1 is 1.32 bits per heavy atom. The zero-order chi connectivity index (χ0) is 14.5. The van der Waals surface area contributed by atoms with Crippen molar-refractivity contribution in [2.24, 2.45) is 5.92 Å². The van der Waals surface area contributed by atoms with Crippen molar-refractivity contribution in [1.82, 2.24) is 10.2 Å². The summed E-state index contributed by atoms with van der Waals surface area (Å²) in [6.07, 6.45) is 1.75. The summed E-state index contributed by atoms with van der Waals surface area (Å²) in [7, 11) is 0. The van der Waals surface area contributed by atoms with Crippen LogP contribution in [0.15, 0.2) is 22.8 Å². The van der Waals surface area contributed by atoms with Crippen LogP contribution in [0.2, 0.25) is 0 Å². The van der Waals surface area contributed by atoms with E-state index in [-0.39, 0.29) is 5.54 Å². The van der Waals surface area contributed by atoms with Gasteiger partial charge >= 0.3 is 0 Å². The highest BCUT2D eigenvalue weighted by Crippen LogP contribution is 2.15. The van der Waals surface area contributed by atoms with Gasteiger partial charge in [0.2, 0.25) is 0 Å². The molecule has 1 aromatic heterocycles. The second-order valence-corrected chi connectivity index (χ2v) is 6.49. The SMILES string of the molecule is CCN(Cc1ccco1)C(C)C(C)CNC(C)(C)C. The van der Waals surface area contributed by atoms with Crippen LogP contribution in [0.3, 0.4) is 0 Å². The van der Waals surface area contributed by atoms with Crippen LogP contribution in [-0.4, -0.2) is 29.6 Å². The zero-order valence-corrected chi connectivity index (χ0v) is 13.4. The molecule has 0 aliphatic carbocycles. The van der Waals surface area contributed by atoms with Crippen LogP contribution in [-0.2, 0) is 6.54 Å². The van der Waals surface area contributed by atoms with Crippen LogP contribution in [0, 0.1) is 5.92 Å². The molecule has 19 heavy (non-hydrogen) atoms. The molecule has 0 saturated heterocycles. The smallest absolute Gasteiger partial charge is 0.117 e. The van der Waals surface area contributed by atoms with Gasteiger partial charge in [0, 0.05) is 11.6 Å². The molecular formula is C16H30N2O. The van der Waals surface area contributed by atoms with Crippen LogP contribution < -0.4 is 5.32 Å². The first kappa shape index (κ1) is 16.3. The van der Waals surface area contributed by atoms with Gasteiger partial charge in [0.1, 0.15) is 5.76 Å². The summed E-state index contributed by atoms with van der Waals surface area (Å²) in [6.45, 7) is 16.4. The molecule has 0 bridgehead atoms. The van der Waals surface area contributed by atoms with E-state index < -0.39 is 0 Å². The molecule has 3 heteroatoms. The summed E-state index contributed by atoms with van der Waals surface area (Å²) in [5.74, 6) is 1.65. The molecule has 0 aliphatic heterocycles. The van der Waals surface area contributed by atoms with Crippen molar-refractivity contribution in [1.29, 1.82) is 0 Å². The lowest BCUT2D eigenvalue weighted by molar-refractivity contribution is 0.144. The molecule has 1 N–H and O–H groups in total. The van der Waals surface area contributed by atoms with E-state index >= 15 is 0 Å². The molecule has 3 nitrogen and oxygen atoms in total. The first-order chi connectivity index (χ1) is 8.83. The molecule has 1 aromatic rings. The van der Waals surface area contributed by atoms with Crippen molar-refractivity contribution >= 4 is 0 Å². The van der Waals surface area contributed by atoms with Crippen LogP contribution in [0.5, 0.6) is 0 Å². The van der Waals surface area contributed by atoms with E-state index in [2.05, 4.69) is 51.8 Å². The first-order valence-electron chi connectivity index (χ1n) is 7.35. The highest BCUT2D eigenvalue weighted by atomic mass is 16.3. The van der Waals surface area contributed by atoms with Crippen molar-refractivity contribution in [3.8, 4) is 0 Å². The van der Waals surface area contributed by atoms with Gasteiger partial charge in [0.25, 0.3) is 0 Å². The summed E-state index contributed by atoms with van der Waals surface area (Å²) in [6, 6.07) is 4.54. The van der Waals surface area contributed by atoms with E-state index in [1.54, 1.807) is 6.26 Å². The maximum absolute atomic E-state index is 5.45. The Balaban J connectivity index is 2.50. The Labute approximate surface area is 118 Å². The van der Waals surface area contributed by atoms with Crippen LogP contribution in [0.4, 0.5) is 0 Å². The summed E-state index contributed by atoms with van der Waals surface area (Å²) < 4.78 is 5.45. The second-order valence-electron chi connectivity index (χ2n) is 6.49. The lowest BCUT2D eigenvalue weighted by Gasteiger charge is -2.33. The average molecular weight is 266 g/mol. The van der Waals surface area contributed by atoms with E-state index in [1.807, 2.05) is 12.1 Å². The van der Waals surface area contributed by atoms with E-state index in [0.717, 1.165) is 25.4 Å². The van der Waals surface area contributed by atoms with Crippen molar-refractivity contribution in [3.63, 3.8) is 0 Å². The molecule has 110 valence electrons. The summed E-state index contributed by atoms with van der Waals surface area (Å²) in [5.41, 5.74) is 0.187. The number of hydrogen-bond donors (Lipinski definition) is 1. The standard InChI is InChI=1S/C16H30N2O/c1-7-18(12-15-9-8-10-19-15)14(3)13(2)11-17-16(4,5)6/h8-10,13-14,17H,7,11-12H2,1-6H3. The predicted molar refractivity (Wildman–Crippen MR) is 81.2 cm³/mol. The van der Waals surface area contributed by atoms with Crippen LogP contribution in [0.1, 0.15) is 47.3 Å². The minimum atomic E-state index is 0.187. The highest BCUT2D eigenvalue weighted by molar-refractivity contribution is 4.98. The normalized spacial score (nSPS) is 15.7. The topological polar surface area (TPSA) is 28.4 Å². The Morgan fingerprint density at radius 2 is 2.00 bits per heavy atom. The fourth-order valence-electron chi connectivity index (χ4n) is 2.14. The molecular weight excluding hydrogens is 236 g/mol. The van der Waals surface area contributed by atoms with E-state index in [1.165, 1.54) is 0 Å². The molecule has 0 amide bonds. The van der Waals surface area contributed by atoms with Crippen molar-refractivity contribution in [2.75, 3.05) is 13.1 Å². The molecule has 1 rings (SSSR count). The van der Waals surface area contributed by atoms with Gasteiger partial charge in [-0.15, -0.1) is 0 Å². The van der Waals surface area contributed by atoms with Gasteiger partial charge in [-0.25, -0.2) is 0 Å². The van der Waals surface area contributed by atoms with Crippen LogP contribution in [0.25, 0.3) is 0 Å². The van der Waals surface area contributed by atoms with Crippen molar-refractivity contribution in [2.45, 2.75) is 59.7 Å². The van der Waals surface area contributed by atoms with Gasteiger partial charge in [0.15, 0.2) is 0 Å². The summed E-state index contributed by atoms with van der Waals surface area (Å²) >= 11 is 0. The monoisotopic (exact) mass is 266 g/mol. The lowest BCUT2D eigenvalue weighted by Crippen LogP contribution is -2.45. The third kappa shape index (κ3) is 5.79. The van der Waals surface area contributed by atoms with E-state index in [4.69, 9.17) is 4.42 Å². The average Bonchev–Trinajstić information content (AvgIpc) is 2.84. The number of nitrogens with one attached hydrogen (secondary N) is 1. The second kappa shape index (κ2) is 7.11. The molecule has 0 spiro atoms. The molecule has 2 atom stereocenters. The van der Waals surface area contributed by atoms with Gasteiger partial charge in [-0.05, 0) is 58.8 Å².